The summed E-state index contributed by atoms with van der Waals surface area (Å²) in [6.45, 7) is 0. The van der Waals surface area contributed by atoms with Crippen molar-refractivity contribution in [3.8, 4) is 0 Å². The molecule has 21 heavy (non-hydrogen) atoms. The van der Waals surface area contributed by atoms with Gasteiger partial charge in [0.25, 0.3) is 0 Å². The summed E-state index contributed by atoms with van der Waals surface area (Å²) in [7, 11) is 2.02. The first kappa shape index (κ1) is 14.7. The maximum atomic E-state index is 12.9. The van der Waals surface area contributed by atoms with Gasteiger partial charge in [0.2, 0.25) is 0 Å². The van der Waals surface area contributed by atoms with E-state index in [1.165, 1.54) is 24.8 Å². The predicted octanol–water partition coefficient (Wildman–Crippen LogP) is 3.38. The molecule has 1 atom stereocenters. The Morgan fingerprint density at radius 1 is 1.33 bits per heavy atom. The molecule has 0 bridgehead atoms. The summed E-state index contributed by atoms with van der Waals surface area (Å²) in [5.41, 5.74) is 2.38. The van der Waals surface area contributed by atoms with Gasteiger partial charge in [-0.2, -0.15) is 0 Å². The molecule has 1 unspecified atom stereocenters. The number of carbonyl (C=O) groups excluding carboxylic acids is 1. The fraction of sp³-hybridized carbons (Fsp3) is 0.667. The molecule has 2 aliphatic rings. The van der Waals surface area contributed by atoms with Crippen LogP contribution in [0.5, 0.6) is 0 Å². The molecular weight excluding hydrogens is 260 g/mol. The molecule has 0 spiro atoms. The van der Waals surface area contributed by atoms with E-state index in [4.69, 9.17) is 0 Å². The normalized spacial score (nSPS) is 24.3. The number of rotatable bonds is 4. The van der Waals surface area contributed by atoms with E-state index in [1.807, 2.05) is 19.3 Å². The van der Waals surface area contributed by atoms with E-state index in [0.29, 0.717) is 12.2 Å². The number of hydrogen-bond donors (Lipinski definition) is 1. The van der Waals surface area contributed by atoms with E-state index in [1.54, 1.807) is 0 Å². The van der Waals surface area contributed by atoms with E-state index >= 15 is 0 Å². The van der Waals surface area contributed by atoms with Crippen molar-refractivity contribution in [3.05, 3.63) is 29.6 Å². The van der Waals surface area contributed by atoms with Crippen LogP contribution in [0, 0.1) is 0 Å². The zero-order chi connectivity index (χ0) is 14.7. The number of nitrogens with zero attached hydrogens (tertiary/aromatic N) is 1. The van der Waals surface area contributed by atoms with E-state index in [2.05, 4.69) is 16.4 Å². The lowest BCUT2D eigenvalue weighted by atomic mass is 9.74. The summed E-state index contributed by atoms with van der Waals surface area (Å²) >= 11 is 0. The second kappa shape index (κ2) is 6.27. The van der Waals surface area contributed by atoms with Gasteiger partial charge in [-0.05, 0) is 50.8 Å². The average molecular weight is 286 g/mol. The number of Topliss-reactive ketones (excluding diaryl/α,β-unsaturated/α-hetero) is 1. The molecule has 3 heteroatoms. The van der Waals surface area contributed by atoms with Crippen molar-refractivity contribution in [3.63, 3.8) is 0 Å². The largest absolute Gasteiger partial charge is 0.314 e. The lowest BCUT2D eigenvalue weighted by Crippen LogP contribution is -2.47. The highest BCUT2D eigenvalue weighted by molar-refractivity contribution is 5.86. The minimum Gasteiger partial charge on any atom is -0.314 e. The zero-order valence-electron chi connectivity index (χ0n) is 13.0. The van der Waals surface area contributed by atoms with Crippen LogP contribution in [0.15, 0.2) is 18.3 Å². The maximum Gasteiger partial charge on any atom is 0.143 e. The Kier molecular flexibility index (Phi) is 4.39. The second-order valence-electron chi connectivity index (χ2n) is 6.73. The van der Waals surface area contributed by atoms with Gasteiger partial charge in [0, 0.05) is 18.2 Å². The van der Waals surface area contributed by atoms with Crippen LogP contribution < -0.4 is 5.32 Å². The molecule has 1 N–H and O–H groups in total. The van der Waals surface area contributed by atoms with Gasteiger partial charge < -0.3 is 5.32 Å². The third kappa shape index (κ3) is 3.03. The number of fused-ring (bicyclic) bond motifs is 1. The average Bonchev–Trinajstić information content (AvgIpc) is 2.55. The summed E-state index contributed by atoms with van der Waals surface area (Å²) in [6, 6.07) is 4.12. The molecule has 3 rings (SSSR count). The molecule has 1 aromatic rings. The lowest BCUT2D eigenvalue weighted by molar-refractivity contribution is -0.122. The quantitative estimate of drug-likeness (QED) is 0.922. The van der Waals surface area contributed by atoms with Crippen molar-refractivity contribution in [2.24, 2.45) is 0 Å². The Morgan fingerprint density at radius 3 is 2.90 bits per heavy atom. The molecule has 1 fully saturated rings. The van der Waals surface area contributed by atoms with Crippen molar-refractivity contribution in [2.45, 2.75) is 69.2 Å². The Labute approximate surface area is 127 Å². The van der Waals surface area contributed by atoms with Gasteiger partial charge in [-0.3, -0.25) is 9.78 Å². The van der Waals surface area contributed by atoms with Crippen LogP contribution >= 0.6 is 0 Å². The van der Waals surface area contributed by atoms with E-state index in [-0.39, 0.29) is 11.5 Å². The molecule has 1 heterocycles. The number of hydrogen-bond acceptors (Lipinski definition) is 3. The van der Waals surface area contributed by atoms with Gasteiger partial charge in [0.05, 0.1) is 11.6 Å². The highest BCUT2D eigenvalue weighted by Crippen LogP contribution is 2.36. The Hall–Kier alpha value is -1.22. The molecule has 1 aromatic heterocycles. The summed E-state index contributed by atoms with van der Waals surface area (Å²) in [5, 5.41) is 3.47. The standard InChI is InChI=1S/C18H26N2O/c1-19-18(10-3-2-4-11-18)13-16(21)15-9-5-7-14-8-6-12-20-17(14)15/h6,8,12,15,19H,2-5,7,9-11,13H2,1H3. The van der Waals surface area contributed by atoms with Gasteiger partial charge in [-0.25, -0.2) is 0 Å². The van der Waals surface area contributed by atoms with Crippen LogP contribution in [0.25, 0.3) is 0 Å². The minimum atomic E-state index is 0.0297. The van der Waals surface area contributed by atoms with Gasteiger partial charge in [-0.1, -0.05) is 25.3 Å². The second-order valence-corrected chi connectivity index (χ2v) is 6.73. The molecule has 2 aliphatic carbocycles. The summed E-state index contributed by atoms with van der Waals surface area (Å²) in [6.07, 6.45) is 11.7. The summed E-state index contributed by atoms with van der Waals surface area (Å²) in [4.78, 5) is 17.4. The molecule has 0 amide bonds. The number of pyridine rings is 1. The maximum absolute atomic E-state index is 12.9. The smallest absolute Gasteiger partial charge is 0.143 e. The Morgan fingerprint density at radius 2 is 2.14 bits per heavy atom. The molecule has 0 radical (unpaired) electrons. The predicted molar refractivity (Wildman–Crippen MR) is 84.4 cm³/mol. The van der Waals surface area contributed by atoms with Gasteiger partial charge in [0.15, 0.2) is 0 Å². The SMILES string of the molecule is CNC1(CC(=O)C2CCCc3cccnc32)CCCCC1. The monoisotopic (exact) mass is 286 g/mol. The minimum absolute atomic E-state index is 0.0297. The molecule has 3 nitrogen and oxygen atoms in total. The number of aryl methyl sites for hydroxylation is 1. The number of nitrogens with one attached hydrogen (secondary N) is 1. The van der Waals surface area contributed by atoms with Crippen LogP contribution in [0.2, 0.25) is 0 Å². The third-order valence-electron chi connectivity index (χ3n) is 5.44. The fourth-order valence-corrected chi connectivity index (χ4v) is 4.12. The number of carbonyl (C=O) groups is 1. The van der Waals surface area contributed by atoms with Crippen LogP contribution in [0.4, 0.5) is 0 Å². The summed E-state index contributed by atoms with van der Waals surface area (Å²) in [5.74, 6) is 0.424. The van der Waals surface area contributed by atoms with E-state index in [9.17, 15) is 4.79 Å². The molecule has 0 saturated heterocycles. The summed E-state index contributed by atoms with van der Waals surface area (Å²) < 4.78 is 0. The Bertz CT molecular complexity index is 506. The zero-order valence-corrected chi connectivity index (χ0v) is 13.0. The molecule has 1 saturated carbocycles. The van der Waals surface area contributed by atoms with Crippen LogP contribution in [0.3, 0.4) is 0 Å². The number of ketones is 1. The Balaban J connectivity index is 1.77. The topological polar surface area (TPSA) is 42.0 Å². The van der Waals surface area contributed by atoms with Crippen LogP contribution in [0.1, 0.15) is 68.5 Å². The van der Waals surface area contributed by atoms with Crippen molar-refractivity contribution >= 4 is 5.78 Å². The van der Waals surface area contributed by atoms with Crippen LogP contribution in [-0.2, 0) is 11.2 Å². The van der Waals surface area contributed by atoms with Gasteiger partial charge >= 0.3 is 0 Å². The molecule has 0 aromatic carbocycles. The van der Waals surface area contributed by atoms with Crippen molar-refractivity contribution in [1.29, 1.82) is 0 Å². The third-order valence-corrected chi connectivity index (χ3v) is 5.44. The first-order chi connectivity index (χ1) is 10.2. The van der Waals surface area contributed by atoms with Crippen molar-refractivity contribution in [1.82, 2.24) is 10.3 Å². The fourth-order valence-electron chi connectivity index (χ4n) is 4.12. The first-order valence-electron chi connectivity index (χ1n) is 8.39. The van der Waals surface area contributed by atoms with Gasteiger partial charge in [0.1, 0.15) is 5.78 Å². The molecular formula is C18H26N2O. The number of aromatic nitrogens is 1. The van der Waals surface area contributed by atoms with E-state index < -0.39 is 0 Å². The highest BCUT2D eigenvalue weighted by Gasteiger charge is 2.36. The lowest BCUT2D eigenvalue weighted by Gasteiger charge is -2.38. The highest BCUT2D eigenvalue weighted by atomic mass is 16.1. The van der Waals surface area contributed by atoms with Crippen molar-refractivity contribution in [2.75, 3.05) is 7.05 Å². The molecule has 114 valence electrons. The van der Waals surface area contributed by atoms with Crippen LogP contribution in [-0.4, -0.2) is 23.4 Å². The van der Waals surface area contributed by atoms with Gasteiger partial charge in [-0.15, -0.1) is 0 Å². The molecule has 0 aliphatic heterocycles. The van der Waals surface area contributed by atoms with E-state index in [0.717, 1.165) is 37.8 Å². The first-order valence-corrected chi connectivity index (χ1v) is 8.39. The van der Waals surface area contributed by atoms with Crippen molar-refractivity contribution < 1.29 is 4.79 Å².